The second-order valence-electron chi connectivity index (χ2n) is 5.27. The molecule has 0 saturated heterocycles. The summed E-state index contributed by atoms with van der Waals surface area (Å²) in [4.78, 5) is 12.1. The third kappa shape index (κ3) is 7.09. The van der Waals surface area contributed by atoms with E-state index in [2.05, 4.69) is 24.5 Å². The van der Waals surface area contributed by atoms with Crippen LogP contribution in [-0.4, -0.2) is 24.2 Å². The standard InChI is InChI=1S/C16H24N2O2S/c1-4-9-17-16(21)18-15(19)13-6-5-7-14(11-13)20-10-8-12(2)3/h5-7,11-12H,4,8-10H2,1-3H3,(H2,17,18,19,21). The summed E-state index contributed by atoms with van der Waals surface area (Å²) in [7, 11) is 0. The Balaban J connectivity index is 2.54. The minimum Gasteiger partial charge on any atom is -0.494 e. The van der Waals surface area contributed by atoms with Crippen LogP contribution in [0.5, 0.6) is 5.75 Å². The Morgan fingerprint density at radius 2 is 2.14 bits per heavy atom. The first-order valence-corrected chi connectivity index (χ1v) is 7.75. The van der Waals surface area contributed by atoms with Crippen molar-refractivity contribution >= 4 is 23.2 Å². The number of thiocarbonyl (C=S) groups is 1. The van der Waals surface area contributed by atoms with Crippen molar-refractivity contribution in [2.45, 2.75) is 33.6 Å². The average Bonchev–Trinajstić information content (AvgIpc) is 2.45. The van der Waals surface area contributed by atoms with Gasteiger partial charge < -0.3 is 10.1 Å². The molecule has 4 nitrogen and oxygen atoms in total. The summed E-state index contributed by atoms with van der Waals surface area (Å²) in [6.45, 7) is 7.74. The predicted octanol–water partition coefficient (Wildman–Crippen LogP) is 3.13. The van der Waals surface area contributed by atoms with Crippen molar-refractivity contribution in [3.05, 3.63) is 29.8 Å². The van der Waals surface area contributed by atoms with E-state index in [1.54, 1.807) is 12.1 Å². The van der Waals surface area contributed by atoms with Crippen LogP contribution in [0.15, 0.2) is 24.3 Å². The van der Waals surface area contributed by atoms with Crippen LogP contribution >= 0.6 is 12.2 Å². The molecule has 0 bridgehead atoms. The van der Waals surface area contributed by atoms with E-state index in [1.165, 1.54) is 0 Å². The summed E-state index contributed by atoms with van der Waals surface area (Å²) in [5.41, 5.74) is 0.540. The molecule has 5 heteroatoms. The number of amides is 1. The van der Waals surface area contributed by atoms with Gasteiger partial charge in [-0.1, -0.05) is 26.8 Å². The van der Waals surface area contributed by atoms with Gasteiger partial charge in [-0.3, -0.25) is 10.1 Å². The van der Waals surface area contributed by atoms with E-state index >= 15 is 0 Å². The molecule has 0 aromatic heterocycles. The monoisotopic (exact) mass is 308 g/mol. The molecule has 0 fully saturated rings. The Morgan fingerprint density at radius 1 is 1.38 bits per heavy atom. The van der Waals surface area contributed by atoms with E-state index in [4.69, 9.17) is 17.0 Å². The lowest BCUT2D eigenvalue weighted by Gasteiger charge is -2.11. The van der Waals surface area contributed by atoms with Gasteiger partial charge >= 0.3 is 0 Å². The van der Waals surface area contributed by atoms with E-state index in [-0.39, 0.29) is 5.91 Å². The van der Waals surface area contributed by atoms with Gasteiger partial charge in [0.25, 0.3) is 5.91 Å². The lowest BCUT2D eigenvalue weighted by molar-refractivity contribution is 0.0976. The molecule has 1 aromatic carbocycles. The molecule has 0 aliphatic heterocycles. The number of hydrogen-bond donors (Lipinski definition) is 2. The van der Waals surface area contributed by atoms with E-state index < -0.39 is 0 Å². The van der Waals surface area contributed by atoms with Gasteiger partial charge in [-0.05, 0) is 49.2 Å². The van der Waals surface area contributed by atoms with Crippen LogP contribution in [0.2, 0.25) is 0 Å². The van der Waals surface area contributed by atoms with Crippen molar-refractivity contribution in [1.29, 1.82) is 0 Å². The van der Waals surface area contributed by atoms with Crippen molar-refractivity contribution < 1.29 is 9.53 Å². The SMILES string of the molecule is CCCNC(=S)NC(=O)c1cccc(OCCC(C)C)c1. The van der Waals surface area contributed by atoms with Gasteiger partial charge in [0.05, 0.1) is 6.61 Å². The highest BCUT2D eigenvalue weighted by atomic mass is 32.1. The fourth-order valence-corrected chi connectivity index (χ4v) is 1.79. The van der Waals surface area contributed by atoms with Gasteiger partial charge in [-0.15, -0.1) is 0 Å². The van der Waals surface area contributed by atoms with Crippen molar-refractivity contribution in [3.8, 4) is 5.75 Å². The number of ether oxygens (including phenoxy) is 1. The molecule has 21 heavy (non-hydrogen) atoms. The quantitative estimate of drug-likeness (QED) is 0.760. The molecule has 0 atom stereocenters. The predicted molar refractivity (Wildman–Crippen MR) is 89.7 cm³/mol. The van der Waals surface area contributed by atoms with Crippen molar-refractivity contribution in [1.82, 2.24) is 10.6 Å². The van der Waals surface area contributed by atoms with Gasteiger partial charge in [0.15, 0.2) is 5.11 Å². The third-order valence-electron chi connectivity index (χ3n) is 2.82. The molecule has 1 amide bonds. The summed E-state index contributed by atoms with van der Waals surface area (Å²) < 4.78 is 5.65. The molecule has 0 radical (unpaired) electrons. The minimum absolute atomic E-state index is 0.224. The maximum atomic E-state index is 12.1. The van der Waals surface area contributed by atoms with E-state index in [9.17, 15) is 4.79 Å². The first-order valence-electron chi connectivity index (χ1n) is 7.35. The fourth-order valence-electron chi connectivity index (χ4n) is 1.60. The Hall–Kier alpha value is -1.62. The largest absolute Gasteiger partial charge is 0.494 e. The summed E-state index contributed by atoms with van der Waals surface area (Å²) in [5, 5.41) is 5.98. The normalized spacial score (nSPS) is 10.3. The highest BCUT2D eigenvalue weighted by Crippen LogP contribution is 2.14. The van der Waals surface area contributed by atoms with Gasteiger partial charge in [-0.25, -0.2) is 0 Å². The van der Waals surface area contributed by atoms with Crippen molar-refractivity contribution in [2.75, 3.05) is 13.2 Å². The summed E-state index contributed by atoms with van der Waals surface area (Å²) in [5.74, 6) is 1.08. The highest BCUT2D eigenvalue weighted by Gasteiger charge is 2.08. The number of carbonyl (C=O) groups excluding carboxylic acids is 1. The van der Waals surface area contributed by atoms with Gasteiger partial charge in [0.2, 0.25) is 0 Å². The zero-order valence-corrected chi connectivity index (χ0v) is 13.8. The second kappa shape index (κ2) is 9.34. The molecular formula is C16H24N2O2S. The number of nitrogens with one attached hydrogen (secondary N) is 2. The third-order valence-corrected chi connectivity index (χ3v) is 3.07. The van der Waals surface area contributed by atoms with Crippen molar-refractivity contribution in [3.63, 3.8) is 0 Å². The van der Waals surface area contributed by atoms with Crippen LogP contribution < -0.4 is 15.4 Å². The number of carbonyl (C=O) groups is 1. The lowest BCUT2D eigenvalue weighted by Crippen LogP contribution is -2.39. The van der Waals surface area contributed by atoms with Gasteiger partial charge in [0, 0.05) is 12.1 Å². The molecule has 0 saturated carbocycles. The van der Waals surface area contributed by atoms with Gasteiger partial charge in [0.1, 0.15) is 5.75 Å². The summed E-state index contributed by atoms with van der Waals surface area (Å²) in [6.07, 6.45) is 1.94. The summed E-state index contributed by atoms with van der Waals surface area (Å²) in [6, 6.07) is 7.14. The van der Waals surface area contributed by atoms with Crippen LogP contribution in [0, 0.1) is 5.92 Å². The lowest BCUT2D eigenvalue weighted by atomic mass is 10.1. The topological polar surface area (TPSA) is 50.4 Å². The number of benzene rings is 1. The summed E-state index contributed by atoms with van der Waals surface area (Å²) >= 11 is 5.05. The first kappa shape index (κ1) is 17.4. The second-order valence-corrected chi connectivity index (χ2v) is 5.68. The molecule has 1 rings (SSSR count). The molecule has 0 aliphatic rings. The fraction of sp³-hybridized carbons (Fsp3) is 0.500. The van der Waals surface area contributed by atoms with E-state index in [0.29, 0.717) is 29.0 Å². The first-order chi connectivity index (χ1) is 10.0. The van der Waals surface area contributed by atoms with Crippen LogP contribution in [0.3, 0.4) is 0 Å². The van der Waals surface area contributed by atoms with E-state index in [0.717, 1.165) is 19.4 Å². The highest BCUT2D eigenvalue weighted by molar-refractivity contribution is 7.80. The zero-order valence-electron chi connectivity index (χ0n) is 12.9. The van der Waals surface area contributed by atoms with Crippen LogP contribution in [0.1, 0.15) is 44.0 Å². The van der Waals surface area contributed by atoms with Crippen molar-refractivity contribution in [2.24, 2.45) is 5.92 Å². The Bertz CT molecular complexity index is 475. The number of hydrogen-bond acceptors (Lipinski definition) is 3. The number of rotatable bonds is 7. The molecule has 116 valence electrons. The molecule has 0 spiro atoms. The minimum atomic E-state index is -0.224. The molecule has 0 unspecified atom stereocenters. The maximum absolute atomic E-state index is 12.1. The molecule has 2 N–H and O–H groups in total. The Morgan fingerprint density at radius 3 is 2.81 bits per heavy atom. The molecule has 0 aliphatic carbocycles. The van der Waals surface area contributed by atoms with Gasteiger partial charge in [-0.2, -0.15) is 0 Å². The van der Waals surface area contributed by atoms with E-state index in [1.807, 2.05) is 19.1 Å². The molecule has 1 aromatic rings. The van der Waals surface area contributed by atoms with Crippen LogP contribution in [0.25, 0.3) is 0 Å². The van der Waals surface area contributed by atoms with Crippen LogP contribution in [0.4, 0.5) is 0 Å². The smallest absolute Gasteiger partial charge is 0.257 e. The zero-order chi connectivity index (χ0) is 15.7. The molecule has 0 heterocycles. The average molecular weight is 308 g/mol. The van der Waals surface area contributed by atoms with Crippen LogP contribution in [-0.2, 0) is 0 Å². The maximum Gasteiger partial charge on any atom is 0.257 e. The Kier molecular flexibility index (Phi) is 7.75. The Labute approximate surface area is 132 Å². The molecular weight excluding hydrogens is 284 g/mol.